The average molecular weight is 366 g/mol. The van der Waals surface area contributed by atoms with Crippen LogP contribution in [0.5, 0.6) is 23.0 Å². The lowest BCUT2D eigenvalue weighted by atomic mass is 10.1. The lowest BCUT2D eigenvalue weighted by molar-refractivity contribution is -0.0500. The van der Waals surface area contributed by atoms with Crippen molar-refractivity contribution in [2.24, 2.45) is 0 Å². The van der Waals surface area contributed by atoms with Crippen molar-refractivity contribution in [2.75, 3.05) is 21.3 Å². The summed E-state index contributed by atoms with van der Waals surface area (Å²) in [5.41, 5.74) is -5.55. The largest absolute Gasteiger partial charge is 0.534 e. The highest BCUT2D eigenvalue weighted by molar-refractivity contribution is 7.88. The summed E-state index contributed by atoms with van der Waals surface area (Å²) >= 11 is 0. The number of methoxy groups -OCH3 is 3. The maximum Gasteiger partial charge on any atom is 0.534 e. The van der Waals surface area contributed by atoms with Gasteiger partial charge in [0.2, 0.25) is 0 Å². The van der Waals surface area contributed by atoms with E-state index in [9.17, 15) is 21.6 Å². The summed E-state index contributed by atoms with van der Waals surface area (Å²) in [6.45, 7) is 0. The third-order valence-corrected chi connectivity index (χ3v) is 4.10. The van der Waals surface area contributed by atoms with Crippen molar-refractivity contribution < 1.29 is 40.0 Å². The summed E-state index contributed by atoms with van der Waals surface area (Å²) in [5.74, 6) is 0.144. The van der Waals surface area contributed by atoms with E-state index in [1.807, 2.05) is 0 Å². The number of hydrogen-bond donors (Lipinski definition) is 0. The third-order valence-electron chi connectivity index (χ3n) is 3.12. The molecule has 0 fully saturated rings. The van der Waals surface area contributed by atoms with Gasteiger partial charge in [-0.3, -0.25) is 0 Å². The SMILES string of the molecule is COc1ccc(OC)c2c(OC)cc(OS(=O)(=O)C(F)(F)F)cc12. The van der Waals surface area contributed by atoms with Gasteiger partial charge >= 0.3 is 15.6 Å². The molecule has 2 aromatic carbocycles. The number of ether oxygens (including phenoxy) is 3. The quantitative estimate of drug-likeness (QED) is 0.598. The molecule has 0 saturated heterocycles. The van der Waals surface area contributed by atoms with Gasteiger partial charge < -0.3 is 18.4 Å². The molecule has 0 saturated carbocycles. The van der Waals surface area contributed by atoms with Crippen LogP contribution in [0.4, 0.5) is 13.2 Å². The maximum absolute atomic E-state index is 12.5. The molecule has 0 atom stereocenters. The second kappa shape index (κ2) is 6.27. The Hall–Kier alpha value is -2.36. The van der Waals surface area contributed by atoms with Crippen LogP contribution in [0.25, 0.3) is 10.8 Å². The molecular formula is C14H13F3O6S. The van der Waals surface area contributed by atoms with E-state index in [1.54, 1.807) is 6.07 Å². The molecule has 0 bridgehead atoms. The van der Waals surface area contributed by atoms with Gasteiger partial charge in [-0.2, -0.15) is 21.6 Å². The minimum absolute atomic E-state index is 0.0654. The van der Waals surface area contributed by atoms with Gasteiger partial charge in [0, 0.05) is 11.5 Å². The van der Waals surface area contributed by atoms with Gasteiger partial charge in [-0.05, 0) is 18.2 Å². The lowest BCUT2D eigenvalue weighted by Gasteiger charge is -2.15. The van der Waals surface area contributed by atoms with Crippen LogP contribution in [0.2, 0.25) is 0 Å². The van der Waals surface area contributed by atoms with E-state index < -0.39 is 21.4 Å². The normalized spacial score (nSPS) is 12.1. The summed E-state index contributed by atoms with van der Waals surface area (Å²) in [5, 5.41) is 0.666. The molecule has 2 aromatic rings. The van der Waals surface area contributed by atoms with Gasteiger partial charge in [0.05, 0.1) is 26.7 Å². The first kappa shape index (κ1) is 18.0. The maximum atomic E-state index is 12.5. The number of rotatable bonds is 5. The van der Waals surface area contributed by atoms with Crippen molar-refractivity contribution in [1.82, 2.24) is 0 Å². The second-order valence-corrected chi connectivity index (χ2v) is 6.04. The third kappa shape index (κ3) is 3.14. The van der Waals surface area contributed by atoms with Gasteiger partial charge in [0.1, 0.15) is 23.0 Å². The van der Waals surface area contributed by atoms with Crippen molar-refractivity contribution in [2.45, 2.75) is 5.51 Å². The van der Waals surface area contributed by atoms with E-state index in [4.69, 9.17) is 14.2 Å². The Morgan fingerprint density at radius 2 is 1.42 bits per heavy atom. The van der Waals surface area contributed by atoms with Gasteiger partial charge in [0.15, 0.2) is 0 Å². The summed E-state index contributed by atoms with van der Waals surface area (Å²) in [6.07, 6.45) is 0. The molecule has 24 heavy (non-hydrogen) atoms. The monoisotopic (exact) mass is 366 g/mol. The number of alkyl halides is 3. The standard InChI is InChI=1S/C14H13F3O6S/c1-20-10-4-5-11(21-2)13-9(10)6-8(7-12(13)22-3)23-24(18,19)14(15,16)17/h4-7H,1-3H3. The van der Waals surface area contributed by atoms with Crippen molar-refractivity contribution in [3.05, 3.63) is 24.3 Å². The number of benzene rings is 2. The minimum Gasteiger partial charge on any atom is -0.496 e. The minimum atomic E-state index is -5.81. The van der Waals surface area contributed by atoms with Crippen LogP contribution in [-0.4, -0.2) is 35.3 Å². The van der Waals surface area contributed by atoms with Crippen LogP contribution < -0.4 is 18.4 Å². The van der Waals surface area contributed by atoms with E-state index in [2.05, 4.69) is 4.18 Å². The molecule has 0 unspecified atom stereocenters. The van der Waals surface area contributed by atoms with Crippen LogP contribution in [-0.2, 0) is 10.1 Å². The number of fused-ring (bicyclic) bond motifs is 1. The summed E-state index contributed by atoms with van der Waals surface area (Å²) < 4.78 is 79.5. The number of halogens is 3. The van der Waals surface area contributed by atoms with E-state index in [0.717, 1.165) is 12.1 Å². The highest BCUT2D eigenvalue weighted by atomic mass is 32.2. The van der Waals surface area contributed by atoms with Gasteiger partial charge in [-0.25, -0.2) is 0 Å². The molecule has 0 spiro atoms. The van der Waals surface area contributed by atoms with E-state index in [1.165, 1.54) is 27.4 Å². The molecular weight excluding hydrogens is 353 g/mol. The fraction of sp³-hybridized carbons (Fsp3) is 0.286. The molecule has 132 valence electrons. The van der Waals surface area contributed by atoms with Crippen LogP contribution in [0, 0.1) is 0 Å². The topological polar surface area (TPSA) is 71.1 Å². The average Bonchev–Trinajstić information content (AvgIpc) is 2.51. The van der Waals surface area contributed by atoms with Crippen LogP contribution in [0.1, 0.15) is 0 Å². The zero-order valence-electron chi connectivity index (χ0n) is 12.8. The number of hydrogen-bond acceptors (Lipinski definition) is 6. The zero-order valence-corrected chi connectivity index (χ0v) is 13.6. The van der Waals surface area contributed by atoms with Crippen molar-refractivity contribution in [3.8, 4) is 23.0 Å². The Balaban J connectivity index is 2.71. The molecule has 0 heterocycles. The highest BCUT2D eigenvalue weighted by Gasteiger charge is 2.48. The van der Waals surface area contributed by atoms with Crippen molar-refractivity contribution >= 4 is 20.9 Å². The Morgan fingerprint density at radius 1 is 0.875 bits per heavy atom. The predicted octanol–water partition coefficient (Wildman–Crippen LogP) is 3.09. The van der Waals surface area contributed by atoms with Crippen LogP contribution >= 0.6 is 0 Å². The summed E-state index contributed by atoms with van der Waals surface area (Å²) in [6, 6.07) is 5.22. The van der Waals surface area contributed by atoms with Gasteiger partial charge in [0.25, 0.3) is 0 Å². The molecule has 2 rings (SSSR count). The van der Waals surface area contributed by atoms with E-state index in [-0.39, 0.29) is 16.9 Å². The Bertz CT molecular complexity index is 861. The van der Waals surface area contributed by atoms with E-state index in [0.29, 0.717) is 11.1 Å². The molecule has 0 aliphatic heterocycles. The molecule has 10 heteroatoms. The van der Waals surface area contributed by atoms with E-state index >= 15 is 0 Å². The van der Waals surface area contributed by atoms with Gasteiger partial charge in [-0.1, -0.05) is 0 Å². The molecule has 0 radical (unpaired) electrons. The fourth-order valence-electron chi connectivity index (χ4n) is 2.09. The lowest BCUT2D eigenvalue weighted by Crippen LogP contribution is -2.28. The van der Waals surface area contributed by atoms with Crippen molar-refractivity contribution in [3.63, 3.8) is 0 Å². The second-order valence-electron chi connectivity index (χ2n) is 4.50. The molecule has 0 aromatic heterocycles. The molecule has 6 nitrogen and oxygen atoms in total. The first-order valence-electron chi connectivity index (χ1n) is 6.38. The van der Waals surface area contributed by atoms with Crippen molar-refractivity contribution in [1.29, 1.82) is 0 Å². The first-order valence-corrected chi connectivity index (χ1v) is 7.79. The Labute approximate surface area is 135 Å². The van der Waals surface area contributed by atoms with Gasteiger partial charge in [-0.15, -0.1) is 0 Å². The molecule has 0 aliphatic carbocycles. The highest BCUT2D eigenvalue weighted by Crippen LogP contribution is 2.42. The summed E-state index contributed by atoms with van der Waals surface area (Å²) in [4.78, 5) is 0. The predicted molar refractivity (Wildman–Crippen MR) is 79.2 cm³/mol. The zero-order chi connectivity index (χ0) is 18.1. The molecule has 0 N–H and O–H groups in total. The molecule has 0 aliphatic rings. The van der Waals surface area contributed by atoms with Crippen LogP contribution in [0.3, 0.4) is 0 Å². The first-order chi connectivity index (χ1) is 11.1. The van der Waals surface area contributed by atoms with Crippen LogP contribution in [0.15, 0.2) is 24.3 Å². The Kier molecular flexibility index (Phi) is 4.70. The smallest absolute Gasteiger partial charge is 0.496 e. The fourth-order valence-corrected chi connectivity index (χ4v) is 2.54. The summed E-state index contributed by atoms with van der Waals surface area (Å²) in [7, 11) is -1.78. The Morgan fingerprint density at radius 3 is 1.92 bits per heavy atom. The molecule has 0 amide bonds.